The summed E-state index contributed by atoms with van der Waals surface area (Å²) in [5.74, 6) is 0. The molecule has 0 spiro atoms. The quantitative estimate of drug-likeness (QED) is 0.356. The van der Waals surface area contributed by atoms with Gasteiger partial charge in [-0.25, -0.2) is 0 Å². The van der Waals surface area contributed by atoms with E-state index in [0.29, 0.717) is 22.3 Å². The first-order chi connectivity index (χ1) is 15.7. The molecule has 4 aromatic carbocycles. The molecule has 0 unspecified atom stereocenters. The van der Waals surface area contributed by atoms with Crippen LogP contribution in [0.1, 0.15) is 41.4 Å². The van der Waals surface area contributed by atoms with Crippen LogP contribution < -0.4 is 24.8 Å². The zero-order valence-electron chi connectivity index (χ0n) is 17.9. The van der Waals surface area contributed by atoms with Crippen LogP contribution in [0.4, 0.5) is 0 Å². The predicted molar refractivity (Wildman–Crippen MR) is 125 cm³/mol. The lowest BCUT2D eigenvalue weighted by Crippen LogP contribution is -3.00. The Bertz CT molecular complexity index is 1000. The molecule has 0 saturated heterocycles. The van der Waals surface area contributed by atoms with Gasteiger partial charge in [0.1, 0.15) is 25.1 Å². The minimum Gasteiger partial charge on any atom is -1.00 e. The van der Waals surface area contributed by atoms with E-state index in [2.05, 4.69) is 0 Å². The Labute approximate surface area is 210 Å². The number of aldehydes is 4. The molecule has 0 fully saturated rings. The first-order valence-corrected chi connectivity index (χ1v) is 9.88. The molecule has 0 amide bonds. The van der Waals surface area contributed by atoms with E-state index >= 15 is 0 Å². The molecule has 0 radical (unpaired) electrons. The molecule has 0 N–H and O–H groups in total. The second-order valence-corrected chi connectivity index (χ2v) is 6.96. The molecule has 0 aliphatic heterocycles. The SMILES string of the molecule is O=Cc1ccc(-c2ccc(C=O)cc2)cc1.O=Cc1ccc(-c2ccc(C=O)cc2)cc1.[Cl-].[Cl-]. The maximum Gasteiger partial charge on any atom is 0.150 e. The van der Waals surface area contributed by atoms with E-state index in [1.54, 1.807) is 48.5 Å². The maximum atomic E-state index is 10.5. The number of carbonyl (C=O) groups is 4. The van der Waals surface area contributed by atoms with Gasteiger partial charge in [-0.3, -0.25) is 19.2 Å². The number of rotatable bonds is 6. The first-order valence-electron chi connectivity index (χ1n) is 9.88. The zero-order valence-corrected chi connectivity index (χ0v) is 19.4. The maximum absolute atomic E-state index is 10.5. The molecule has 0 atom stereocenters. The summed E-state index contributed by atoms with van der Waals surface area (Å²) in [7, 11) is 0. The van der Waals surface area contributed by atoms with Gasteiger partial charge in [0.05, 0.1) is 0 Å². The molecule has 0 heterocycles. The summed E-state index contributed by atoms with van der Waals surface area (Å²) in [6.07, 6.45) is 3.27. The molecule has 4 nitrogen and oxygen atoms in total. The minimum absolute atomic E-state index is 0. The highest BCUT2D eigenvalue weighted by atomic mass is 35.5. The Morgan fingerprint density at radius 3 is 0.559 bits per heavy atom. The van der Waals surface area contributed by atoms with Crippen molar-refractivity contribution < 1.29 is 44.0 Å². The molecule has 0 aromatic heterocycles. The van der Waals surface area contributed by atoms with Crippen LogP contribution in [0, 0.1) is 0 Å². The van der Waals surface area contributed by atoms with E-state index in [-0.39, 0.29) is 24.8 Å². The third-order valence-corrected chi connectivity index (χ3v) is 4.85. The largest absolute Gasteiger partial charge is 1.00 e. The summed E-state index contributed by atoms with van der Waals surface area (Å²) < 4.78 is 0. The lowest BCUT2D eigenvalue weighted by Gasteiger charge is -2.01. The van der Waals surface area contributed by atoms with Gasteiger partial charge in [-0.15, -0.1) is 0 Å². The Balaban J connectivity index is 0.000000321. The molecule has 0 aliphatic carbocycles. The highest BCUT2D eigenvalue weighted by molar-refractivity contribution is 5.80. The summed E-state index contributed by atoms with van der Waals surface area (Å²) >= 11 is 0. The average molecular weight is 491 g/mol. The van der Waals surface area contributed by atoms with Gasteiger partial charge in [0.15, 0.2) is 0 Å². The number of benzene rings is 4. The highest BCUT2D eigenvalue weighted by Gasteiger charge is 1.99. The van der Waals surface area contributed by atoms with E-state index in [4.69, 9.17) is 0 Å². The summed E-state index contributed by atoms with van der Waals surface area (Å²) in [5, 5.41) is 0. The normalized spacial score (nSPS) is 9.18. The fourth-order valence-electron chi connectivity index (χ4n) is 3.02. The smallest absolute Gasteiger partial charge is 0.150 e. The standard InChI is InChI=1S/2C14H10O2.2ClH/c2*15-9-11-1-5-13(6-2-11)14-7-3-12(10-16)4-8-14;;/h2*1-10H;2*1H/p-2. The fraction of sp³-hybridized carbons (Fsp3) is 0. The Hall–Kier alpha value is -3.86. The van der Waals surface area contributed by atoms with Crippen LogP contribution in [-0.4, -0.2) is 25.1 Å². The molecular formula is C28H20Cl2O4-2. The molecule has 172 valence electrons. The van der Waals surface area contributed by atoms with Gasteiger partial charge in [-0.05, 0) is 22.3 Å². The third-order valence-electron chi connectivity index (χ3n) is 4.85. The van der Waals surface area contributed by atoms with Gasteiger partial charge in [-0.1, -0.05) is 97.1 Å². The van der Waals surface area contributed by atoms with Crippen molar-refractivity contribution in [3.63, 3.8) is 0 Å². The zero-order chi connectivity index (χ0) is 22.8. The Morgan fingerprint density at radius 1 is 0.294 bits per heavy atom. The molecule has 4 rings (SSSR count). The number of carbonyl (C=O) groups excluding carboxylic acids is 4. The second-order valence-electron chi connectivity index (χ2n) is 6.96. The van der Waals surface area contributed by atoms with Gasteiger partial charge in [0.25, 0.3) is 0 Å². The van der Waals surface area contributed by atoms with Crippen LogP contribution in [0.3, 0.4) is 0 Å². The lowest BCUT2D eigenvalue weighted by molar-refractivity contribution is -0.00100. The van der Waals surface area contributed by atoms with Crippen LogP contribution >= 0.6 is 0 Å². The summed E-state index contributed by atoms with van der Waals surface area (Å²) in [5.41, 5.74) is 6.76. The monoisotopic (exact) mass is 490 g/mol. The first kappa shape index (κ1) is 28.2. The number of hydrogen-bond donors (Lipinski definition) is 0. The van der Waals surface area contributed by atoms with Crippen LogP contribution in [-0.2, 0) is 0 Å². The van der Waals surface area contributed by atoms with Crippen molar-refractivity contribution in [3.8, 4) is 22.3 Å². The molecule has 34 heavy (non-hydrogen) atoms. The van der Waals surface area contributed by atoms with Crippen molar-refractivity contribution in [2.45, 2.75) is 0 Å². The molecule has 0 aliphatic rings. The van der Waals surface area contributed by atoms with Gasteiger partial charge in [0.2, 0.25) is 0 Å². The molecule has 6 heteroatoms. The number of halogens is 2. The fourth-order valence-corrected chi connectivity index (χ4v) is 3.02. The number of hydrogen-bond acceptors (Lipinski definition) is 4. The molecular weight excluding hydrogens is 471 g/mol. The van der Waals surface area contributed by atoms with Gasteiger partial charge in [-0.2, -0.15) is 0 Å². The van der Waals surface area contributed by atoms with Crippen LogP contribution in [0.5, 0.6) is 0 Å². The van der Waals surface area contributed by atoms with Gasteiger partial charge >= 0.3 is 0 Å². The summed E-state index contributed by atoms with van der Waals surface area (Å²) in [6.45, 7) is 0. The highest BCUT2D eigenvalue weighted by Crippen LogP contribution is 2.20. The summed E-state index contributed by atoms with van der Waals surface area (Å²) in [6, 6.07) is 29.3. The molecule has 0 bridgehead atoms. The summed E-state index contributed by atoms with van der Waals surface area (Å²) in [4.78, 5) is 42.0. The van der Waals surface area contributed by atoms with E-state index in [9.17, 15) is 19.2 Å². The van der Waals surface area contributed by atoms with Crippen LogP contribution in [0.15, 0.2) is 97.1 Å². The van der Waals surface area contributed by atoms with E-state index < -0.39 is 0 Å². The average Bonchev–Trinajstić information content (AvgIpc) is 2.89. The van der Waals surface area contributed by atoms with Crippen LogP contribution in [0.2, 0.25) is 0 Å². The van der Waals surface area contributed by atoms with Gasteiger partial charge in [0, 0.05) is 22.3 Å². The van der Waals surface area contributed by atoms with Crippen molar-refractivity contribution in [1.82, 2.24) is 0 Å². The Kier molecular flexibility index (Phi) is 11.9. The van der Waals surface area contributed by atoms with E-state index in [1.165, 1.54) is 0 Å². The topological polar surface area (TPSA) is 68.3 Å². The third kappa shape index (κ3) is 7.62. The van der Waals surface area contributed by atoms with Crippen molar-refractivity contribution in [1.29, 1.82) is 0 Å². The van der Waals surface area contributed by atoms with Crippen molar-refractivity contribution >= 4 is 25.1 Å². The molecule has 0 saturated carbocycles. The van der Waals surface area contributed by atoms with Crippen LogP contribution in [0.25, 0.3) is 22.3 Å². The van der Waals surface area contributed by atoms with E-state index in [1.807, 2.05) is 48.5 Å². The van der Waals surface area contributed by atoms with Crippen molar-refractivity contribution in [3.05, 3.63) is 119 Å². The lowest BCUT2D eigenvalue weighted by atomic mass is 10.0. The van der Waals surface area contributed by atoms with E-state index in [0.717, 1.165) is 47.4 Å². The minimum atomic E-state index is 0. The second kappa shape index (κ2) is 14.3. The predicted octanol–water partition coefficient (Wildman–Crippen LogP) is -0.0348. The van der Waals surface area contributed by atoms with Gasteiger partial charge < -0.3 is 24.8 Å². The Morgan fingerprint density at radius 2 is 0.441 bits per heavy atom. The van der Waals surface area contributed by atoms with Crippen molar-refractivity contribution in [2.24, 2.45) is 0 Å². The van der Waals surface area contributed by atoms with Crippen molar-refractivity contribution in [2.75, 3.05) is 0 Å². The molecule has 4 aromatic rings.